The summed E-state index contributed by atoms with van der Waals surface area (Å²) < 4.78 is 28.6. The predicted molar refractivity (Wildman–Crippen MR) is 81.6 cm³/mol. The Morgan fingerprint density at radius 2 is 1.90 bits per heavy atom. The molecule has 0 N–H and O–H groups in total. The molecule has 0 fully saturated rings. The third-order valence-corrected chi connectivity index (χ3v) is 5.28. The van der Waals surface area contributed by atoms with Gasteiger partial charge in [-0.2, -0.15) is 0 Å². The summed E-state index contributed by atoms with van der Waals surface area (Å²) in [4.78, 5) is 0.265. The van der Waals surface area contributed by atoms with Crippen LogP contribution in [0.2, 0.25) is 0 Å². The molecule has 0 saturated carbocycles. The normalized spacial score (nSPS) is 11.6. The first-order valence-corrected chi connectivity index (χ1v) is 8.27. The summed E-state index contributed by atoms with van der Waals surface area (Å²) in [6.45, 7) is 2.19. The first kappa shape index (κ1) is 14.9. The molecule has 0 unspecified atom stereocenters. The Morgan fingerprint density at radius 1 is 1.25 bits per heavy atom. The molecule has 0 aliphatic heterocycles. The van der Waals surface area contributed by atoms with Crippen LogP contribution in [0.15, 0.2) is 47.5 Å². The van der Waals surface area contributed by atoms with Gasteiger partial charge in [-0.3, -0.25) is 4.31 Å². The largest absolute Gasteiger partial charge is 0.352 e. The van der Waals surface area contributed by atoms with E-state index in [1.54, 1.807) is 36.0 Å². The first-order valence-electron chi connectivity index (χ1n) is 6.29. The van der Waals surface area contributed by atoms with Crippen molar-refractivity contribution in [3.63, 3.8) is 0 Å². The number of hydrogen-bond acceptors (Lipinski definition) is 2. The molecule has 20 heavy (non-hydrogen) atoms. The molecule has 1 heterocycles. The Kier molecular flexibility index (Phi) is 4.40. The van der Waals surface area contributed by atoms with Gasteiger partial charge in [-0.1, -0.05) is 18.2 Å². The molecule has 0 aliphatic carbocycles. The molecule has 0 aliphatic rings. The number of aromatic nitrogens is 1. The van der Waals surface area contributed by atoms with Crippen LogP contribution in [0.5, 0.6) is 0 Å². The average Bonchev–Trinajstić information content (AvgIpc) is 2.82. The average molecular weight is 313 g/mol. The van der Waals surface area contributed by atoms with Gasteiger partial charge in [0.05, 0.1) is 11.6 Å². The fourth-order valence-electron chi connectivity index (χ4n) is 2.06. The van der Waals surface area contributed by atoms with Gasteiger partial charge in [0.25, 0.3) is 10.0 Å². The third kappa shape index (κ3) is 2.69. The molecule has 0 spiro atoms. The van der Waals surface area contributed by atoms with Crippen LogP contribution in [0, 0.1) is 0 Å². The number of sulfonamides is 1. The second-order valence-electron chi connectivity index (χ2n) is 4.42. The molecular weight excluding hydrogens is 296 g/mol. The summed E-state index contributed by atoms with van der Waals surface area (Å²) in [6.07, 6.45) is 1.60. The van der Waals surface area contributed by atoms with Gasteiger partial charge in [0.15, 0.2) is 0 Å². The number of para-hydroxylation sites is 1. The van der Waals surface area contributed by atoms with Crippen LogP contribution >= 0.6 is 11.6 Å². The number of alkyl halides is 1. The Balaban J connectivity index is 2.47. The van der Waals surface area contributed by atoms with Crippen LogP contribution in [0.1, 0.15) is 12.6 Å². The van der Waals surface area contributed by atoms with Crippen LogP contribution in [0.4, 0.5) is 5.69 Å². The van der Waals surface area contributed by atoms with E-state index in [2.05, 4.69) is 0 Å². The lowest BCUT2D eigenvalue weighted by molar-refractivity contribution is 0.591. The lowest BCUT2D eigenvalue weighted by Crippen LogP contribution is -2.30. The number of anilines is 1. The number of rotatable bonds is 5. The van der Waals surface area contributed by atoms with Crippen LogP contribution in [-0.2, 0) is 23.0 Å². The standard InChI is InChI=1S/C14H17ClN2O2S/c1-3-17(12-7-5-4-6-8-12)20(18,19)14-9-13(10-15)16(2)11-14/h4-9,11H,3,10H2,1-2H3. The second-order valence-corrected chi connectivity index (χ2v) is 6.55. The minimum atomic E-state index is -3.56. The molecule has 0 atom stereocenters. The highest BCUT2D eigenvalue weighted by Gasteiger charge is 2.25. The number of aryl methyl sites for hydroxylation is 1. The molecule has 1 aromatic carbocycles. The number of benzene rings is 1. The van der Waals surface area contributed by atoms with Gasteiger partial charge < -0.3 is 4.57 Å². The van der Waals surface area contributed by atoms with Gasteiger partial charge in [0, 0.05) is 25.5 Å². The summed E-state index contributed by atoms with van der Waals surface area (Å²) in [7, 11) is -1.77. The molecule has 0 bridgehead atoms. The second kappa shape index (κ2) is 5.89. The van der Waals surface area contributed by atoms with Crippen molar-refractivity contribution in [1.29, 1.82) is 0 Å². The molecule has 0 amide bonds. The zero-order chi connectivity index (χ0) is 14.8. The van der Waals surface area contributed by atoms with E-state index in [1.165, 1.54) is 4.31 Å². The maximum atomic E-state index is 12.7. The van der Waals surface area contributed by atoms with Crippen molar-refractivity contribution in [3.05, 3.63) is 48.3 Å². The fourth-order valence-corrected chi connectivity index (χ4v) is 3.90. The van der Waals surface area contributed by atoms with E-state index >= 15 is 0 Å². The lowest BCUT2D eigenvalue weighted by Gasteiger charge is -2.22. The quantitative estimate of drug-likeness (QED) is 0.797. The van der Waals surface area contributed by atoms with E-state index < -0.39 is 10.0 Å². The van der Waals surface area contributed by atoms with E-state index in [-0.39, 0.29) is 10.8 Å². The van der Waals surface area contributed by atoms with Crippen LogP contribution in [0.25, 0.3) is 0 Å². The van der Waals surface area contributed by atoms with Crippen molar-refractivity contribution in [2.45, 2.75) is 17.7 Å². The van der Waals surface area contributed by atoms with Crippen molar-refractivity contribution in [3.8, 4) is 0 Å². The summed E-state index contributed by atoms with van der Waals surface area (Å²) >= 11 is 5.80. The lowest BCUT2D eigenvalue weighted by atomic mass is 10.3. The van der Waals surface area contributed by atoms with Crippen molar-refractivity contribution < 1.29 is 8.42 Å². The summed E-state index contributed by atoms with van der Waals surface area (Å²) in [5.41, 5.74) is 1.43. The number of nitrogens with zero attached hydrogens (tertiary/aromatic N) is 2. The third-order valence-electron chi connectivity index (χ3n) is 3.14. The molecular formula is C14H17ClN2O2S. The van der Waals surface area contributed by atoms with Crippen LogP contribution in [-0.4, -0.2) is 19.5 Å². The highest BCUT2D eigenvalue weighted by molar-refractivity contribution is 7.92. The molecule has 4 nitrogen and oxygen atoms in total. The summed E-state index contributed by atoms with van der Waals surface area (Å²) in [5, 5.41) is 0. The molecule has 2 aromatic rings. The Labute approximate surface area is 124 Å². The van der Waals surface area contributed by atoms with Gasteiger partial charge in [-0.05, 0) is 25.1 Å². The molecule has 6 heteroatoms. The van der Waals surface area contributed by atoms with E-state index in [0.29, 0.717) is 12.2 Å². The van der Waals surface area contributed by atoms with Crippen molar-refractivity contribution in [2.75, 3.05) is 10.8 Å². The predicted octanol–water partition coefficient (Wildman–Crippen LogP) is 2.98. The highest BCUT2D eigenvalue weighted by atomic mass is 35.5. The molecule has 0 saturated heterocycles. The van der Waals surface area contributed by atoms with Crippen LogP contribution < -0.4 is 4.31 Å². The molecule has 1 aromatic heterocycles. The van der Waals surface area contributed by atoms with Crippen molar-refractivity contribution >= 4 is 27.3 Å². The number of hydrogen-bond donors (Lipinski definition) is 0. The minimum absolute atomic E-state index is 0.265. The van der Waals surface area contributed by atoms with E-state index in [0.717, 1.165) is 5.69 Å². The van der Waals surface area contributed by atoms with Gasteiger partial charge in [-0.25, -0.2) is 8.42 Å². The molecule has 0 radical (unpaired) electrons. The van der Waals surface area contributed by atoms with Crippen molar-refractivity contribution in [1.82, 2.24) is 4.57 Å². The fraction of sp³-hybridized carbons (Fsp3) is 0.286. The molecule has 2 rings (SSSR count). The van der Waals surface area contributed by atoms with Crippen LogP contribution in [0.3, 0.4) is 0 Å². The Morgan fingerprint density at radius 3 is 2.40 bits per heavy atom. The van der Waals surface area contributed by atoms with Gasteiger partial charge >= 0.3 is 0 Å². The van der Waals surface area contributed by atoms with Gasteiger partial charge in [0.2, 0.25) is 0 Å². The van der Waals surface area contributed by atoms with Crippen molar-refractivity contribution in [2.24, 2.45) is 7.05 Å². The topological polar surface area (TPSA) is 42.3 Å². The summed E-state index contributed by atoms with van der Waals surface area (Å²) in [6, 6.07) is 10.7. The highest BCUT2D eigenvalue weighted by Crippen LogP contribution is 2.24. The zero-order valence-corrected chi connectivity index (χ0v) is 13.0. The Bertz CT molecular complexity index is 680. The van der Waals surface area contributed by atoms with E-state index in [1.807, 2.05) is 25.1 Å². The first-order chi connectivity index (χ1) is 9.50. The van der Waals surface area contributed by atoms with E-state index in [4.69, 9.17) is 11.6 Å². The van der Waals surface area contributed by atoms with Gasteiger partial charge in [0.1, 0.15) is 4.90 Å². The minimum Gasteiger partial charge on any atom is -0.352 e. The SMILES string of the molecule is CCN(c1ccccc1)S(=O)(=O)c1cc(CCl)n(C)c1. The maximum absolute atomic E-state index is 12.7. The summed E-state index contributed by atoms with van der Waals surface area (Å²) in [5.74, 6) is 0.281. The number of halogens is 1. The van der Waals surface area contributed by atoms with E-state index in [9.17, 15) is 8.42 Å². The van der Waals surface area contributed by atoms with Gasteiger partial charge in [-0.15, -0.1) is 11.6 Å². The monoisotopic (exact) mass is 312 g/mol. The Hall–Kier alpha value is -1.46. The maximum Gasteiger partial charge on any atom is 0.265 e. The smallest absolute Gasteiger partial charge is 0.265 e. The zero-order valence-electron chi connectivity index (χ0n) is 11.5. The molecule has 108 valence electrons.